The van der Waals surface area contributed by atoms with Crippen molar-refractivity contribution in [2.45, 2.75) is 38.3 Å². The topological polar surface area (TPSA) is 48.1 Å². The highest BCUT2D eigenvalue weighted by atomic mass is 15.8. The van der Waals surface area contributed by atoms with Crippen molar-refractivity contribution in [2.24, 2.45) is 5.92 Å². The third-order valence-corrected chi connectivity index (χ3v) is 2.64. The van der Waals surface area contributed by atoms with Gasteiger partial charge >= 0.3 is 0 Å². The summed E-state index contributed by atoms with van der Waals surface area (Å²) in [4.78, 5) is 0. The lowest BCUT2D eigenvalue weighted by molar-refractivity contribution is 0.263. The van der Waals surface area contributed by atoms with E-state index in [0.717, 1.165) is 5.92 Å². The van der Waals surface area contributed by atoms with Gasteiger partial charge in [0.05, 0.1) is 6.17 Å². The molecule has 0 aromatic heterocycles. The van der Waals surface area contributed by atoms with Gasteiger partial charge in [0.2, 0.25) is 0 Å². The van der Waals surface area contributed by atoms with Crippen LogP contribution in [-0.2, 0) is 0 Å². The van der Waals surface area contributed by atoms with Crippen molar-refractivity contribution in [3.63, 3.8) is 0 Å². The molecule has 4 N–H and O–H groups in total. The Kier molecular flexibility index (Phi) is 2.38. The Morgan fingerprint density at radius 1 is 0.818 bits per heavy atom. The standard InChI is InChI=1S/C7H16N4/c1-2-4-6(5-3-1)7-8-10-11-9-7/h6-11H,1-5H2. The minimum Gasteiger partial charge on any atom is -0.225 e. The van der Waals surface area contributed by atoms with Gasteiger partial charge in [-0.3, -0.25) is 0 Å². The molecule has 1 aliphatic carbocycles. The zero-order valence-electron chi connectivity index (χ0n) is 6.69. The average Bonchev–Trinajstić information content (AvgIpc) is 2.58. The zero-order chi connectivity index (χ0) is 7.52. The van der Waals surface area contributed by atoms with Gasteiger partial charge < -0.3 is 0 Å². The van der Waals surface area contributed by atoms with Crippen LogP contribution in [0, 0.1) is 5.92 Å². The molecule has 1 saturated heterocycles. The van der Waals surface area contributed by atoms with Crippen LogP contribution in [0.15, 0.2) is 0 Å². The third-order valence-electron chi connectivity index (χ3n) is 2.64. The Balaban J connectivity index is 1.82. The normalized spacial score (nSPS) is 29.5. The lowest BCUT2D eigenvalue weighted by atomic mass is 9.87. The van der Waals surface area contributed by atoms with E-state index in [2.05, 4.69) is 21.9 Å². The highest BCUT2D eigenvalue weighted by molar-refractivity contribution is 4.76. The first kappa shape index (κ1) is 7.49. The second-order valence-electron chi connectivity index (χ2n) is 3.41. The first-order valence-electron chi connectivity index (χ1n) is 4.48. The molecule has 4 nitrogen and oxygen atoms in total. The SMILES string of the molecule is C1CCC(C2NNNN2)CC1. The number of hydrogen-bond donors (Lipinski definition) is 4. The fourth-order valence-corrected chi connectivity index (χ4v) is 1.97. The van der Waals surface area contributed by atoms with Crippen LogP contribution in [0.5, 0.6) is 0 Å². The number of hydrogen-bond acceptors (Lipinski definition) is 4. The van der Waals surface area contributed by atoms with Crippen LogP contribution in [0.2, 0.25) is 0 Å². The van der Waals surface area contributed by atoms with E-state index in [4.69, 9.17) is 0 Å². The lowest BCUT2D eigenvalue weighted by Crippen LogP contribution is -2.41. The molecule has 0 unspecified atom stereocenters. The van der Waals surface area contributed by atoms with E-state index in [9.17, 15) is 0 Å². The maximum absolute atomic E-state index is 3.15. The molecular formula is C7H16N4. The lowest BCUT2D eigenvalue weighted by Gasteiger charge is -2.25. The summed E-state index contributed by atoms with van der Waals surface area (Å²) in [5.74, 6) is 0.797. The zero-order valence-corrected chi connectivity index (χ0v) is 6.69. The Morgan fingerprint density at radius 3 is 2.09 bits per heavy atom. The Morgan fingerprint density at radius 2 is 1.45 bits per heavy atom. The second-order valence-corrected chi connectivity index (χ2v) is 3.41. The van der Waals surface area contributed by atoms with Gasteiger partial charge in [0.1, 0.15) is 0 Å². The molecule has 2 aliphatic rings. The molecular weight excluding hydrogens is 140 g/mol. The van der Waals surface area contributed by atoms with Crippen molar-refractivity contribution in [3.8, 4) is 0 Å². The molecule has 4 heteroatoms. The van der Waals surface area contributed by atoms with Gasteiger partial charge in [0, 0.05) is 0 Å². The molecule has 0 atom stereocenters. The van der Waals surface area contributed by atoms with E-state index in [1.807, 2.05) is 0 Å². The minimum atomic E-state index is 0.426. The summed E-state index contributed by atoms with van der Waals surface area (Å²) in [6.07, 6.45) is 7.34. The molecule has 64 valence electrons. The summed E-state index contributed by atoms with van der Waals surface area (Å²) < 4.78 is 0. The van der Waals surface area contributed by atoms with Gasteiger partial charge in [0.15, 0.2) is 0 Å². The van der Waals surface area contributed by atoms with E-state index >= 15 is 0 Å². The summed E-state index contributed by atoms with van der Waals surface area (Å²) in [5.41, 5.74) is 12.0. The van der Waals surface area contributed by atoms with E-state index in [1.165, 1.54) is 32.1 Å². The summed E-state index contributed by atoms with van der Waals surface area (Å²) in [7, 11) is 0. The monoisotopic (exact) mass is 156 g/mol. The van der Waals surface area contributed by atoms with Crippen LogP contribution in [-0.4, -0.2) is 6.17 Å². The average molecular weight is 156 g/mol. The van der Waals surface area contributed by atoms with Gasteiger partial charge in [-0.2, -0.15) is 11.1 Å². The van der Waals surface area contributed by atoms with Gasteiger partial charge in [-0.25, -0.2) is 10.9 Å². The van der Waals surface area contributed by atoms with Crippen molar-refractivity contribution in [1.29, 1.82) is 0 Å². The van der Waals surface area contributed by atoms with E-state index < -0.39 is 0 Å². The molecule has 0 spiro atoms. The van der Waals surface area contributed by atoms with Crippen molar-refractivity contribution >= 4 is 0 Å². The van der Waals surface area contributed by atoms with Gasteiger partial charge in [-0.1, -0.05) is 19.3 Å². The number of hydrazine groups is 3. The Labute approximate surface area is 67.0 Å². The smallest absolute Gasteiger partial charge is 0.0887 e. The second kappa shape index (κ2) is 3.49. The van der Waals surface area contributed by atoms with E-state index in [1.54, 1.807) is 0 Å². The highest BCUT2D eigenvalue weighted by Crippen LogP contribution is 2.25. The molecule has 0 amide bonds. The van der Waals surface area contributed by atoms with Crippen LogP contribution >= 0.6 is 0 Å². The molecule has 0 radical (unpaired) electrons. The van der Waals surface area contributed by atoms with Crippen LogP contribution in [0.25, 0.3) is 0 Å². The van der Waals surface area contributed by atoms with Crippen LogP contribution in [0.3, 0.4) is 0 Å². The summed E-state index contributed by atoms with van der Waals surface area (Å²) in [6, 6.07) is 0. The van der Waals surface area contributed by atoms with Gasteiger partial charge in [-0.05, 0) is 18.8 Å². The Bertz CT molecular complexity index is 116. The molecule has 0 bridgehead atoms. The first-order chi connectivity index (χ1) is 5.47. The van der Waals surface area contributed by atoms with E-state index in [0.29, 0.717) is 6.17 Å². The molecule has 11 heavy (non-hydrogen) atoms. The van der Waals surface area contributed by atoms with Crippen molar-refractivity contribution in [2.75, 3.05) is 0 Å². The maximum atomic E-state index is 3.15. The van der Waals surface area contributed by atoms with Crippen LogP contribution < -0.4 is 21.9 Å². The number of nitrogens with one attached hydrogen (secondary N) is 4. The predicted molar refractivity (Wildman–Crippen MR) is 42.9 cm³/mol. The van der Waals surface area contributed by atoms with Crippen molar-refractivity contribution in [3.05, 3.63) is 0 Å². The molecule has 2 rings (SSSR count). The van der Waals surface area contributed by atoms with Gasteiger partial charge in [0.25, 0.3) is 0 Å². The largest absolute Gasteiger partial charge is 0.225 e. The highest BCUT2D eigenvalue weighted by Gasteiger charge is 2.25. The van der Waals surface area contributed by atoms with Crippen LogP contribution in [0.4, 0.5) is 0 Å². The van der Waals surface area contributed by atoms with E-state index in [-0.39, 0.29) is 0 Å². The first-order valence-corrected chi connectivity index (χ1v) is 4.48. The molecule has 1 heterocycles. The molecule has 1 saturated carbocycles. The molecule has 0 aromatic rings. The number of rotatable bonds is 1. The summed E-state index contributed by atoms with van der Waals surface area (Å²) in [5, 5.41) is 0. The summed E-state index contributed by atoms with van der Waals surface area (Å²) >= 11 is 0. The van der Waals surface area contributed by atoms with Crippen LogP contribution in [0.1, 0.15) is 32.1 Å². The predicted octanol–water partition coefficient (Wildman–Crippen LogP) is 0.00980. The van der Waals surface area contributed by atoms with Crippen molar-refractivity contribution in [1.82, 2.24) is 21.9 Å². The fraction of sp³-hybridized carbons (Fsp3) is 1.00. The van der Waals surface area contributed by atoms with Gasteiger partial charge in [-0.15, -0.1) is 0 Å². The quantitative estimate of drug-likeness (QED) is 0.432. The molecule has 1 aliphatic heterocycles. The fourth-order valence-electron chi connectivity index (χ4n) is 1.97. The summed E-state index contributed by atoms with van der Waals surface area (Å²) in [6.45, 7) is 0. The third kappa shape index (κ3) is 1.70. The molecule has 0 aromatic carbocycles. The maximum Gasteiger partial charge on any atom is 0.0887 e. The minimum absolute atomic E-state index is 0.426. The van der Waals surface area contributed by atoms with Crippen molar-refractivity contribution < 1.29 is 0 Å². The molecule has 2 fully saturated rings. The Hall–Kier alpha value is -0.160.